The van der Waals surface area contributed by atoms with Crippen LogP contribution in [0.25, 0.3) is 11.0 Å². The zero-order valence-corrected chi connectivity index (χ0v) is 12.3. The van der Waals surface area contributed by atoms with E-state index in [1.807, 2.05) is 0 Å². The van der Waals surface area contributed by atoms with E-state index in [1.54, 1.807) is 18.3 Å². The number of H-pyrrole nitrogens is 1. The lowest BCUT2D eigenvalue weighted by atomic mass is 10.3. The van der Waals surface area contributed by atoms with Crippen LogP contribution < -0.4 is 4.74 Å². The van der Waals surface area contributed by atoms with Gasteiger partial charge >= 0.3 is 0 Å². The molecular weight excluding hydrogens is 312 g/mol. The van der Waals surface area contributed by atoms with Gasteiger partial charge in [-0.25, -0.2) is 13.8 Å². The standard InChI is InChI=1S/C14H11F2N3O2S/c1-21-10-2-3-17-9(6-10)7-22(20)14-18-12-5-8(15)4-11(16)13(12)19-14/h2-6H,7H2,1H3,(H,18,19)/t22-/m0/s1. The van der Waals surface area contributed by atoms with Gasteiger partial charge in [0, 0.05) is 18.3 Å². The number of nitrogens with zero attached hydrogens (tertiary/aromatic N) is 2. The molecular formula is C14H11F2N3O2S. The molecule has 114 valence electrons. The monoisotopic (exact) mass is 323 g/mol. The zero-order chi connectivity index (χ0) is 15.7. The number of halogens is 2. The molecule has 0 aliphatic rings. The topological polar surface area (TPSA) is 67.9 Å². The predicted molar refractivity (Wildman–Crippen MR) is 76.9 cm³/mol. The third-order valence-electron chi connectivity index (χ3n) is 3.00. The third-order valence-corrected chi connectivity index (χ3v) is 4.18. The van der Waals surface area contributed by atoms with Gasteiger partial charge in [-0.2, -0.15) is 0 Å². The minimum Gasteiger partial charge on any atom is -0.497 e. The molecule has 2 heterocycles. The normalized spacial score (nSPS) is 12.5. The molecule has 0 fully saturated rings. The second-order valence-electron chi connectivity index (χ2n) is 4.50. The van der Waals surface area contributed by atoms with Crippen LogP contribution in [0.2, 0.25) is 0 Å². The SMILES string of the molecule is COc1ccnc(C[S@](=O)c2nc3c(F)cc(F)cc3[nH]2)c1. The molecule has 1 N–H and O–H groups in total. The van der Waals surface area contributed by atoms with Crippen LogP contribution in [0.1, 0.15) is 5.69 Å². The van der Waals surface area contributed by atoms with Gasteiger partial charge in [-0.05, 0) is 12.1 Å². The minimum atomic E-state index is -1.57. The first-order valence-electron chi connectivity index (χ1n) is 6.29. The van der Waals surface area contributed by atoms with Crippen molar-refractivity contribution < 1.29 is 17.7 Å². The molecule has 0 bridgehead atoms. The fourth-order valence-corrected chi connectivity index (χ4v) is 2.97. The summed E-state index contributed by atoms with van der Waals surface area (Å²) in [6, 6.07) is 5.17. The number of hydrogen-bond acceptors (Lipinski definition) is 4. The molecule has 0 unspecified atom stereocenters. The van der Waals surface area contributed by atoms with E-state index in [-0.39, 0.29) is 21.9 Å². The van der Waals surface area contributed by atoms with E-state index in [0.717, 1.165) is 12.1 Å². The van der Waals surface area contributed by atoms with Crippen LogP contribution in [0.4, 0.5) is 8.78 Å². The van der Waals surface area contributed by atoms with Crippen LogP contribution >= 0.6 is 0 Å². The van der Waals surface area contributed by atoms with E-state index in [2.05, 4.69) is 15.0 Å². The van der Waals surface area contributed by atoms with Gasteiger partial charge < -0.3 is 9.72 Å². The van der Waals surface area contributed by atoms with E-state index in [1.165, 1.54) is 7.11 Å². The maximum absolute atomic E-state index is 13.6. The summed E-state index contributed by atoms with van der Waals surface area (Å²) in [7, 11) is -0.0455. The first-order valence-corrected chi connectivity index (χ1v) is 7.61. The maximum atomic E-state index is 13.6. The molecule has 0 radical (unpaired) electrons. The second-order valence-corrected chi connectivity index (χ2v) is 5.87. The van der Waals surface area contributed by atoms with Crippen LogP contribution in [0.15, 0.2) is 35.6 Å². The predicted octanol–water partition coefficient (Wildman–Crippen LogP) is 2.55. The molecule has 3 aromatic rings. The summed E-state index contributed by atoms with van der Waals surface area (Å²) in [6.45, 7) is 0. The number of hydrogen-bond donors (Lipinski definition) is 1. The van der Waals surface area contributed by atoms with Crippen LogP contribution in [-0.2, 0) is 16.6 Å². The molecule has 8 heteroatoms. The van der Waals surface area contributed by atoms with Crippen molar-refractivity contribution in [2.24, 2.45) is 0 Å². The Bertz CT molecular complexity index is 866. The van der Waals surface area contributed by atoms with Crippen molar-refractivity contribution in [2.75, 3.05) is 7.11 Å². The van der Waals surface area contributed by atoms with Crippen molar-refractivity contribution in [1.82, 2.24) is 15.0 Å². The molecule has 2 aromatic heterocycles. The smallest absolute Gasteiger partial charge is 0.197 e. The molecule has 0 aliphatic heterocycles. The van der Waals surface area contributed by atoms with Gasteiger partial charge in [0.2, 0.25) is 0 Å². The highest BCUT2D eigenvalue weighted by molar-refractivity contribution is 7.84. The van der Waals surface area contributed by atoms with Gasteiger partial charge in [-0.1, -0.05) is 0 Å². The third kappa shape index (κ3) is 2.82. The van der Waals surface area contributed by atoms with E-state index >= 15 is 0 Å². The van der Waals surface area contributed by atoms with Crippen LogP contribution in [0.5, 0.6) is 5.75 Å². The Morgan fingerprint density at radius 3 is 2.91 bits per heavy atom. The number of ether oxygens (including phenoxy) is 1. The minimum absolute atomic E-state index is 0.0386. The quantitative estimate of drug-likeness (QED) is 0.801. The maximum Gasteiger partial charge on any atom is 0.197 e. The number of imidazole rings is 1. The van der Waals surface area contributed by atoms with Crippen molar-refractivity contribution in [1.29, 1.82) is 0 Å². The van der Waals surface area contributed by atoms with Gasteiger partial charge in [0.05, 0.1) is 34.9 Å². The van der Waals surface area contributed by atoms with Crippen molar-refractivity contribution in [2.45, 2.75) is 10.9 Å². The van der Waals surface area contributed by atoms with Crippen molar-refractivity contribution >= 4 is 21.8 Å². The molecule has 22 heavy (non-hydrogen) atoms. The highest BCUT2D eigenvalue weighted by atomic mass is 32.2. The molecule has 0 saturated carbocycles. The van der Waals surface area contributed by atoms with E-state index < -0.39 is 22.4 Å². The average molecular weight is 323 g/mol. The van der Waals surface area contributed by atoms with Crippen molar-refractivity contribution in [3.05, 3.63) is 47.8 Å². The molecule has 0 aliphatic carbocycles. The highest BCUT2D eigenvalue weighted by Crippen LogP contribution is 2.20. The Labute approximate surface area is 126 Å². The van der Waals surface area contributed by atoms with Crippen molar-refractivity contribution in [3.8, 4) is 5.75 Å². The first-order chi connectivity index (χ1) is 10.6. The Hall–Kier alpha value is -2.35. The lowest BCUT2D eigenvalue weighted by molar-refractivity contribution is 0.413. The molecule has 1 atom stereocenters. The summed E-state index contributed by atoms with van der Waals surface area (Å²) < 4.78 is 44.1. The number of aromatic amines is 1. The number of methoxy groups -OCH3 is 1. The summed E-state index contributed by atoms with van der Waals surface area (Å²) >= 11 is 0. The van der Waals surface area contributed by atoms with E-state index in [9.17, 15) is 13.0 Å². The number of benzene rings is 1. The summed E-state index contributed by atoms with van der Waals surface area (Å²) in [6.07, 6.45) is 1.54. The van der Waals surface area contributed by atoms with Gasteiger partial charge in [0.1, 0.15) is 17.1 Å². The molecule has 0 saturated heterocycles. The van der Waals surface area contributed by atoms with E-state index in [4.69, 9.17) is 4.74 Å². The van der Waals surface area contributed by atoms with Gasteiger partial charge in [-0.3, -0.25) is 9.19 Å². The molecule has 0 spiro atoms. The van der Waals surface area contributed by atoms with Gasteiger partial charge in [0.25, 0.3) is 0 Å². The number of rotatable bonds is 4. The molecule has 0 amide bonds. The average Bonchev–Trinajstić information content (AvgIpc) is 2.92. The number of nitrogens with one attached hydrogen (secondary N) is 1. The summed E-state index contributed by atoms with van der Waals surface area (Å²) in [5, 5.41) is 0.0733. The Morgan fingerprint density at radius 2 is 2.14 bits per heavy atom. The Morgan fingerprint density at radius 1 is 1.32 bits per heavy atom. The second kappa shape index (κ2) is 5.80. The molecule has 3 rings (SSSR count). The molecule has 5 nitrogen and oxygen atoms in total. The molecule has 1 aromatic carbocycles. The highest BCUT2D eigenvalue weighted by Gasteiger charge is 2.15. The summed E-state index contributed by atoms with van der Waals surface area (Å²) in [5.41, 5.74) is 0.674. The summed E-state index contributed by atoms with van der Waals surface area (Å²) in [5.74, 6) is -0.838. The Kier molecular flexibility index (Phi) is 3.84. The van der Waals surface area contributed by atoms with Crippen LogP contribution in [-0.4, -0.2) is 26.3 Å². The van der Waals surface area contributed by atoms with Gasteiger partial charge in [0.15, 0.2) is 11.0 Å². The largest absolute Gasteiger partial charge is 0.497 e. The van der Waals surface area contributed by atoms with Gasteiger partial charge in [-0.15, -0.1) is 0 Å². The number of fused-ring (bicyclic) bond motifs is 1. The van der Waals surface area contributed by atoms with E-state index in [0.29, 0.717) is 11.4 Å². The number of pyridine rings is 1. The fraction of sp³-hybridized carbons (Fsp3) is 0.143. The summed E-state index contributed by atoms with van der Waals surface area (Å²) in [4.78, 5) is 10.7. The lowest BCUT2D eigenvalue weighted by Gasteiger charge is -2.02. The first kappa shape index (κ1) is 14.6. The fourth-order valence-electron chi connectivity index (χ4n) is 1.99. The Balaban J connectivity index is 1.90. The van der Waals surface area contributed by atoms with Crippen LogP contribution in [0, 0.1) is 11.6 Å². The number of aromatic nitrogens is 3. The zero-order valence-electron chi connectivity index (χ0n) is 11.5. The van der Waals surface area contributed by atoms with Crippen LogP contribution in [0.3, 0.4) is 0 Å². The van der Waals surface area contributed by atoms with Crippen molar-refractivity contribution in [3.63, 3.8) is 0 Å². The lowest BCUT2D eigenvalue weighted by Crippen LogP contribution is -2.01.